The topological polar surface area (TPSA) is 116 Å². The van der Waals surface area contributed by atoms with Crippen LogP contribution in [0.4, 0.5) is 5.69 Å². The van der Waals surface area contributed by atoms with E-state index in [1.165, 1.54) is 0 Å². The number of rotatable bonds is 6. The van der Waals surface area contributed by atoms with E-state index in [1.54, 1.807) is 42.5 Å². The molecule has 0 radical (unpaired) electrons. The standard InChI is InChI=1S/C17H17N3O3/c18-16(19)12-5-7-13(8-6-12)17(23)20-14-3-1-2-11(10-14)4-9-15(21)22/h1-3,5-8,10H,4,9H2,(H3,18,19)(H,20,23)(H,21,22). The highest BCUT2D eigenvalue weighted by Crippen LogP contribution is 2.14. The fourth-order valence-corrected chi connectivity index (χ4v) is 2.06. The molecule has 2 aromatic carbocycles. The molecule has 23 heavy (non-hydrogen) atoms. The van der Waals surface area contributed by atoms with Crippen molar-refractivity contribution in [2.75, 3.05) is 5.32 Å². The Kier molecular flexibility index (Phi) is 5.09. The molecule has 0 atom stereocenters. The van der Waals surface area contributed by atoms with Gasteiger partial charge in [-0.1, -0.05) is 24.3 Å². The molecule has 0 unspecified atom stereocenters. The fraction of sp³-hybridized carbons (Fsp3) is 0.118. The van der Waals surface area contributed by atoms with Gasteiger partial charge in [0.15, 0.2) is 0 Å². The van der Waals surface area contributed by atoms with Gasteiger partial charge in [0, 0.05) is 23.2 Å². The summed E-state index contributed by atoms with van der Waals surface area (Å²) in [6.45, 7) is 0. The Hall–Kier alpha value is -3.15. The highest BCUT2D eigenvalue weighted by molar-refractivity contribution is 6.05. The second-order valence-electron chi connectivity index (χ2n) is 5.04. The van der Waals surface area contributed by atoms with Crippen LogP contribution in [0.25, 0.3) is 0 Å². The molecule has 0 fully saturated rings. The quantitative estimate of drug-likeness (QED) is 0.483. The molecule has 6 heteroatoms. The van der Waals surface area contributed by atoms with Crippen LogP contribution in [-0.4, -0.2) is 22.8 Å². The van der Waals surface area contributed by atoms with E-state index in [0.29, 0.717) is 23.2 Å². The number of carboxylic acid groups (broad SMARTS) is 1. The highest BCUT2D eigenvalue weighted by Gasteiger charge is 2.07. The maximum absolute atomic E-state index is 12.2. The first kappa shape index (κ1) is 16.2. The minimum Gasteiger partial charge on any atom is -0.481 e. The Labute approximate surface area is 133 Å². The Morgan fingerprint density at radius 1 is 1.09 bits per heavy atom. The molecule has 0 saturated carbocycles. The molecule has 2 rings (SSSR count). The number of carboxylic acids is 1. The maximum atomic E-state index is 12.2. The number of nitrogens with two attached hydrogens (primary N) is 1. The van der Waals surface area contributed by atoms with E-state index in [1.807, 2.05) is 6.07 Å². The molecule has 0 aliphatic heterocycles. The fourth-order valence-electron chi connectivity index (χ4n) is 2.06. The molecule has 0 heterocycles. The predicted octanol–water partition coefficient (Wildman–Crippen LogP) is 2.24. The monoisotopic (exact) mass is 311 g/mol. The number of hydrogen-bond donors (Lipinski definition) is 4. The molecule has 1 amide bonds. The van der Waals surface area contributed by atoms with Crippen LogP contribution in [0.1, 0.15) is 27.9 Å². The summed E-state index contributed by atoms with van der Waals surface area (Å²) in [6, 6.07) is 13.5. The van der Waals surface area contributed by atoms with Gasteiger partial charge in [0.25, 0.3) is 5.91 Å². The zero-order chi connectivity index (χ0) is 16.8. The molecule has 6 nitrogen and oxygen atoms in total. The first-order valence-corrected chi connectivity index (χ1v) is 7.02. The summed E-state index contributed by atoms with van der Waals surface area (Å²) in [5.41, 5.74) is 7.82. The van der Waals surface area contributed by atoms with Crippen LogP contribution >= 0.6 is 0 Å². The molecule has 0 aliphatic carbocycles. The lowest BCUT2D eigenvalue weighted by atomic mass is 10.1. The van der Waals surface area contributed by atoms with Gasteiger partial charge in [0.2, 0.25) is 0 Å². The van der Waals surface area contributed by atoms with Crippen molar-refractivity contribution in [1.82, 2.24) is 0 Å². The Morgan fingerprint density at radius 3 is 2.35 bits per heavy atom. The highest BCUT2D eigenvalue weighted by atomic mass is 16.4. The molecule has 0 spiro atoms. The molecular formula is C17H17N3O3. The first-order chi connectivity index (χ1) is 11.0. The predicted molar refractivity (Wildman–Crippen MR) is 87.8 cm³/mol. The second kappa shape index (κ2) is 7.22. The lowest BCUT2D eigenvalue weighted by molar-refractivity contribution is -0.136. The number of carbonyl (C=O) groups excluding carboxylic acids is 1. The molecule has 0 aromatic heterocycles. The summed E-state index contributed by atoms with van der Waals surface area (Å²) in [4.78, 5) is 22.8. The minimum atomic E-state index is -0.856. The number of benzene rings is 2. The van der Waals surface area contributed by atoms with E-state index >= 15 is 0 Å². The van der Waals surface area contributed by atoms with Crippen molar-refractivity contribution < 1.29 is 14.7 Å². The van der Waals surface area contributed by atoms with Crippen molar-refractivity contribution in [1.29, 1.82) is 5.41 Å². The zero-order valence-electron chi connectivity index (χ0n) is 12.4. The molecule has 2 aromatic rings. The van der Waals surface area contributed by atoms with E-state index in [0.717, 1.165) is 5.56 Å². The number of nitrogen functional groups attached to an aromatic ring is 1. The average Bonchev–Trinajstić information content (AvgIpc) is 2.53. The largest absolute Gasteiger partial charge is 0.481 e. The molecule has 118 valence electrons. The zero-order valence-corrected chi connectivity index (χ0v) is 12.4. The summed E-state index contributed by atoms with van der Waals surface area (Å²) < 4.78 is 0. The summed E-state index contributed by atoms with van der Waals surface area (Å²) in [7, 11) is 0. The lowest BCUT2D eigenvalue weighted by Crippen LogP contribution is -2.14. The Balaban J connectivity index is 2.06. The van der Waals surface area contributed by atoms with Gasteiger partial charge in [-0.25, -0.2) is 0 Å². The van der Waals surface area contributed by atoms with Gasteiger partial charge in [-0.05, 0) is 36.2 Å². The average molecular weight is 311 g/mol. The SMILES string of the molecule is N=C(N)c1ccc(C(=O)Nc2cccc(CCC(=O)O)c2)cc1. The molecule has 5 N–H and O–H groups in total. The van der Waals surface area contributed by atoms with Crippen molar-refractivity contribution >= 4 is 23.4 Å². The number of hydrogen-bond acceptors (Lipinski definition) is 3. The van der Waals surface area contributed by atoms with E-state index in [2.05, 4.69) is 5.32 Å². The molecular weight excluding hydrogens is 294 g/mol. The number of amides is 1. The third kappa shape index (κ3) is 4.67. The van der Waals surface area contributed by atoms with Crippen LogP contribution in [-0.2, 0) is 11.2 Å². The third-order valence-corrected chi connectivity index (χ3v) is 3.27. The van der Waals surface area contributed by atoms with E-state index in [4.69, 9.17) is 16.2 Å². The van der Waals surface area contributed by atoms with Crippen molar-refractivity contribution in [3.8, 4) is 0 Å². The Morgan fingerprint density at radius 2 is 1.74 bits per heavy atom. The van der Waals surface area contributed by atoms with Crippen LogP contribution in [0, 0.1) is 5.41 Å². The number of nitrogens with one attached hydrogen (secondary N) is 2. The van der Waals surface area contributed by atoms with E-state index in [-0.39, 0.29) is 18.2 Å². The number of aryl methyl sites for hydroxylation is 1. The minimum absolute atomic E-state index is 0.0455. The maximum Gasteiger partial charge on any atom is 0.303 e. The van der Waals surface area contributed by atoms with Crippen LogP contribution in [0.15, 0.2) is 48.5 Å². The number of aliphatic carboxylic acids is 1. The van der Waals surface area contributed by atoms with Crippen molar-refractivity contribution in [2.45, 2.75) is 12.8 Å². The first-order valence-electron chi connectivity index (χ1n) is 7.02. The lowest BCUT2D eigenvalue weighted by Gasteiger charge is -2.08. The summed E-state index contributed by atoms with van der Waals surface area (Å²) in [5, 5.41) is 18.8. The summed E-state index contributed by atoms with van der Waals surface area (Å²) >= 11 is 0. The van der Waals surface area contributed by atoms with Gasteiger partial charge >= 0.3 is 5.97 Å². The van der Waals surface area contributed by atoms with Crippen molar-refractivity contribution in [3.63, 3.8) is 0 Å². The third-order valence-electron chi connectivity index (χ3n) is 3.27. The molecule has 0 bridgehead atoms. The van der Waals surface area contributed by atoms with Gasteiger partial charge < -0.3 is 16.2 Å². The van der Waals surface area contributed by atoms with Crippen LogP contribution < -0.4 is 11.1 Å². The van der Waals surface area contributed by atoms with Crippen LogP contribution in [0.3, 0.4) is 0 Å². The van der Waals surface area contributed by atoms with Gasteiger partial charge in [-0.2, -0.15) is 0 Å². The summed E-state index contributed by atoms with van der Waals surface area (Å²) in [5.74, 6) is -1.19. The van der Waals surface area contributed by atoms with Gasteiger partial charge in [0.1, 0.15) is 5.84 Å². The number of anilines is 1. The normalized spacial score (nSPS) is 10.1. The van der Waals surface area contributed by atoms with Gasteiger partial charge in [-0.3, -0.25) is 15.0 Å². The smallest absolute Gasteiger partial charge is 0.303 e. The van der Waals surface area contributed by atoms with E-state index in [9.17, 15) is 9.59 Å². The Bertz CT molecular complexity index is 739. The van der Waals surface area contributed by atoms with Crippen LogP contribution in [0.2, 0.25) is 0 Å². The van der Waals surface area contributed by atoms with Crippen molar-refractivity contribution in [2.24, 2.45) is 5.73 Å². The molecule has 0 aliphatic rings. The van der Waals surface area contributed by atoms with Crippen LogP contribution in [0.5, 0.6) is 0 Å². The number of carbonyl (C=O) groups is 2. The van der Waals surface area contributed by atoms with Gasteiger partial charge in [-0.15, -0.1) is 0 Å². The van der Waals surface area contributed by atoms with E-state index < -0.39 is 5.97 Å². The van der Waals surface area contributed by atoms with Crippen molar-refractivity contribution in [3.05, 3.63) is 65.2 Å². The molecule has 0 saturated heterocycles. The summed E-state index contributed by atoms with van der Waals surface area (Å²) in [6.07, 6.45) is 0.455. The van der Waals surface area contributed by atoms with Gasteiger partial charge in [0.05, 0.1) is 0 Å². The number of amidine groups is 1. The second-order valence-corrected chi connectivity index (χ2v) is 5.04.